The number of nitrogens with one attached hydrogen (secondary N) is 1. The predicted molar refractivity (Wildman–Crippen MR) is 66.8 cm³/mol. The summed E-state index contributed by atoms with van der Waals surface area (Å²) in [7, 11) is -3.09. The van der Waals surface area contributed by atoms with E-state index in [-0.39, 0.29) is 11.6 Å². The van der Waals surface area contributed by atoms with Crippen LogP contribution in [0.25, 0.3) is 0 Å². The smallest absolute Gasteiger partial charge is 0.226 e. The first-order valence-electron chi connectivity index (χ1n) is 6.23. The molecule has 0 aliphatic carbocycles. The quantitative estimate of drug-likeness (QED) is 0.843. The molecule has 1 saturated heterocycles. The van der Waals surface area contributed by atoms with Gasteiger partial charge in [0, 0.05) is 12.7 Å². The summed E-state index contributed by atoms with van der Waals surface area (Å²) in [4.78, 5) is 4.11. The molecule has 6 nitrogen and oxygen atoms in total. The van der Waals surface area contributed by atoms with Crippen LogP contribution in [0.15, 0.2) is 4.52 Å². The van der Waals surface area contributed by atoms with E-state index in [1.807, 2.05) is 0 Å². The summed E-state index contributed by atoms with van der Waals surface area (Å²) in [6.07, 6.45) is 5.30. The van der Waals surface area contributed by atoms with E-state index in [9.17, 15) is 8.42 Å². The highest BCUT2D eigenvalue weighted by Gasteiger charge is 2.16. The molecule has 1 aliphatic heterocycles. The number of aromatic nitrogens is 2. The van der Waals surface area contributed by atoms with Crippen LogP contribution in [0.4, 0.5) is 0 Å². The van der Waals surface area contributed by atoms with Gasteiger partial charge in [-0.25, -0.2) is 8.42 Å². The van der Waals surface area contributed by atoms with Crippen molar-refractivity contribution in [3.05, 3.63) is 11.7 Å². The van der Waals surface area contributed by atoms with Crippen molar-refractivity contribution in [2.45, 2.75) is 31.4 Å². The van der Waals surface area contributed by atoms with Crippen LogP contribution in [0.3, 0.4) is 0 Å². The van der Waals surface area contributed by atoms with Crippen LogP contribution >= 0.6 is 0 Å². The molecule has 0 atom stereocenters. The molecule has 1 aromatic rings. The molecule has 2 rings (SSSR count). The minimum Gasteiger partial charge on any atom is -0.339 e. The molecule has 18 heavy (non-hydrogen) atoms. The van der Waals surface area contributed by atoms with Gasteiger partial charge in [0.25, 0.3) is 0 Å². The highest BCUT2D eigenvalue weighted by atomic mass is 32.2. The van der Waals surface area contributed by atoms with Gasteiger partial charge in [-0.1, -0.05) is 5.16 Å². The van der Waals surface area contributed by atoms with Gasteiger partial charge in [0.05, 0.1) is 0 Å². The number of sulfone groups is 1. The number of aryl methyl sites for hydroxylation is 1. The summed E-state index contributed by atoms with van der Waals surface area (Å²) in [5.41, 5.74) is 0. The Morgan fingerprint density at radius 2 is 2.11 bits per heavy atom. The zero-order chi connectivity index (χ0) is 13.0. The Labute approximate surface area is 107 Å². The molecule has 0 saturated carbocycles. The fraction of sp³-hybridized carbons (Fsp3) is 0.818. The van der Waals surface area contributed by atoms with E-state index in [4.69, 9.17) is 4.52 Å². The van der Waals surface area contributed by atoms with Crippen molar-refractivity contribution < 1.29 is 12.9 Å². The predicted octanol–water partition coefficient (Wildman–Crippen LogP) is 0.546. The van der Waals surface area contributed by atoms with Crippen molar-refractivity contribution in [3.8, 4) is 0 Å². The van der Waals surface area contributed by atoms with Crippen molar-refractivity contribution in [2.24, 2.45) is 5.92 Å². The molecule has 0 unspecified atom stereocenters. The Morgan fingerprint density at radius 3 is 2.78 bits per heavy atom. The standard InChI is InChI=1S/C11H19N3O3S/c1-18(15,16)8-10-13-11(17-14-10)3-2-9-4-6-12-7-5-9/h9,12H,2-8H2,1H3. The lowest BCUT2D eigenvalue weighted by molar-refractivity contribution is 0.323. The summed E-state index contributed by atoms with van der Waals surface area (Å²) in [5, 5.41) is 7.01. The Bertz CT molecular complexity index is 477. The second-order valence-corrected chi connectivity index (χ2v) is 7.05. The first-order valence-corrected chi connectivity index (χ1v) is 8.29. The molecule has 102 valence electrons. The van der Waals surface area contributed by atoms with Crippen LogP contribution in [0.1, 0.15) is 31.0 Å². The van der Waals surface area contributed by atoms with Crippen molar-refractivity contribution in [2.75, 3.05) is 19.3 Å². The van der Waals surface area contributed by atoms with Gasteiger partial charge in [-0.2, -0.15) is 4.98 Å². The molecule has 0 radical (unpaired) electrons. The number of hydrogen-bond donors (Lipinski definition) is 1. The normalized spacial score (nSPS) is 18.1. The molecule has 0 bridgehead atoms. The highest BCUT2D eigenvalue weighted by Crippen LogP contribution is 2.18. The van der Waals surface area contributed by atoms with Gasteiger partial charge >= 0.3 is 0 Å². The first kappa shape index (κ1) is 13.5. The zero-order valence-corrected chi connectivity index (χ0v) is 11.4. The minimum absolute atomic E-state index is 0.149. The Morgan fingerprint density at radius 1 is 1.39 bits per heavy atom. The van der Waals surface area contributed by atoms with Gasteiger partial charge in [0.1, 0.15) is 5.75 Å². The lowest BCUT2D eigenvalue weighted by atomic mass is 9.93. The molecule has 0 amide bonds. The summed E-state index contributed by atoms with van der Waals surface area (Å²) in [6, 6.07) is 0. The molecule has 7 heteroatoms. The number of piperidine rings is 1. The number of nitrogens with zero attached hydrogens (tertiary/aromatic N) is 2. The molecule has 1 aliphatic rings. The average molecular weight is 273 g/mol. The van der Waals surface area contributed by atoms with Crippen LogP contribution in [-0.4, -0.2) is 37.9 Å². The van der Waals surface area contributed by atoms with Crippen molar-refractivity contribution >= 4 is 9.84 Å². The van der Waals surface area contributed by atoms with E-state index in [0.29, 0.717) is 11.8 Å². The fourth-order valence-corrected chi connectivity index (χ4v) is 2.77. The molecule has 0 spiro atoms. The first-order chi connectivity index (χ1) is 8.53. The summed E-state index contributed by atoms with van der Waals surface area (Å²) >= 11 is 0. The largest absolute Gasteiger partial charge is 0.339 e. The number of hydrogen-bond acceptors (Lipinski definition) is 6. The lowest BCUT2D eigenvalue weighted by Crippen LogP contribution is -2.27. The van der Waals surface area contributed by atoms with E-state index in [0.717, 1.165) is 32.2 Å². The lowest BCUT2D eigenvalue weighted by Gasteiger charge is -2.21. The van der Waals surface area contributed by atoms with Crippen LogP contribution in [0.2, 0.25) is 0 Å². The van der Waals surface area contributed by atoms with Crippen LogP contribution in [0.5, 0.6) is 0 Å². The average Bonchev–Trinajstić information content (AvgIpc) is 2.73. The van der Waals surface area contributed by atoms with E-state index in [1.54, 1.807) is 0 Å². The summed E-state index contributed by atoms with van der Waals surface area (Å²) < 4.78 is 27.2. The second kappa shape index (κ2) is 5.79. The van der Waals surface area contributed by atoms with Gasteiger partial charge in [0.15, 0.2) is 15.7 Å². The van der Waals surface area contributed by atoms with Gasteiger partial charge in [-0.15, -0.1) is 0 Å². The monoisotopic (exact) mass is 273 g/mol. The van der Waals surface area contributed by atoms with Crippen LogP contribution in [-0.2, 0) is 22.0 Å². The van der Waals surface area contributed by atoms with Crippen LogP contribution in [0, 0.1) is 5.92 Å². The Kier molecular flexibility index (Phi) is 4.34. The van der Waals surface area contributed by atoms with E-state index < -0.39 is 9.84 Å². The Balaban J connectivity index is 1.82. The van der Waals surface area contributed by atoms with Crippen LogP contribution < -0.4 is 5.32 Å². The number of rotatable bonds is 5. The van der Waals surface area contributed by atoms with Crippen molar-refractivity contribution in [1.82, 2.24) is 15.5 Å². The van der Waals surface area contributed by atoms with E-state index >= 15 is 0 Å². The van der Waals surface area contributed by atoms with E-state index in [2.05, 4.69) is 15.5 Å². The maximum absolute atomic E-state index is 11.1. The van der Waals surface area contributed by atoms with E-state index in [1.165, 1.54) is 12.8 Å². The van der Waals surface area contributed by atoms with Gasteiger partial charge in [-0.3, -0.25) is 0 Å². The maximum atomic E-state index is 11.1. The zero-order valence-electron chi connectivity index (χ0n) is 10.6. The van der Waals surface area contributed by atoms with Gasteiger partial charge < -0.3 is 9.84 Å². The van der Waals surface area contributed by atoms with Gasteiger partial charge in [0.2, 0.25) is 5.89 Å². The molecular weight excluding hydrogens is 254 g/mol. The topological polar surface area (TPSA) is 85.1 Å². The van der Waals surface area contributed by atoms with Gasteiger partial charge in [-0.05, 0) is 38.3 Å². The Hall–Kier alpha value is -0.950. The van der Waals surface area contributed by atoms with Crippen molar-refractivity contribution in [3.63, 3.8) is 0 Å². The maximum Gasteiger partial charge on any atom is 0.226 e. The highest BCUT2D eigenvalue weighted by molar-refractivity contribution is 7.89. The molecular formula is C11H19N3O3S. The fourth-order valence-electron chi connectivity index (χ4n) is 2.18. The molecule has 1 fully saturated rings. The third-order valence-corrected chi connectivity index (χ3v) is 3.91. The van der Waals surface area contributed by atoms with Crippen molar-refractivity contribution in [1.29, 1.82) is 0 Å². The summed E-state index contributed by atoms with van der Waals surface area (Å²) in [6.45, 7) is 2.15. The molecule has 1 N–H and O–H groups in total. The third kappa shape index (κ3) is 4.38. The third-order valence-electron chi connectivity index (χ3n) is 3.13. The minimum atomic E-state index is -3.09. The SMILES string of the molecule is CS(=O)(=O)Cc1noc(CCC2CCNCC2)n1. The molecule has 1 aromatic heterocycles. The second-order valence-electron chi connectivity index (χ2n) is 4.91. The summed E-state index contributed by atoms with van der Waals surface area (Å²) in [5.74, 6) is 1.37. The molecule has 2 heterocycles. The molecule has 0 aromatic carbocycles.